The van der Waals surface area contributed by atoms with Crippen molar-refractivity contribution in [1.29, 1.82) is 0 Å². The summed E-state index contributed by atoms with van der Waals surface area (Å²) in [7, 11) is 2.02. The molecule has 3 nitrogen and oxygen atoms in total. The van der Waals surface area contributed by atoms with E-state index in [0.717, 1.165) is 12.1 Å². The molecule has 1 aromatic carbocycles. The minimum atomic E-state index is 0.202. The van der Waals surface area contributed by atoms with Crippen molar-refractivity contribution in [3.05, 3.63) is 82.3 Å². The van der Waals surface area contributed by atoms with Crippen molar-refractivity contribution < 1.29 is 4.79 Å². The van der Waals surface area contributed by atoms with E-state index in [4.69, 9.17) is 0 Å². The summed E-state index contributed by atoms with van der Waals surface area (Å²) in [5.41, 5.74) is 2.36. The van der Waals surface area contributed by atoms with E-state index in [-0.39, 0.29) is 5.91 Å². The SMILES string of the molecule is Cn1cccc1CN(Cc1cccs1)C(=O)CCc1ccccc1. The third kappa shape index (κ3) is 4.36. The Labute approximate surface area is 147 Å². The summed E-state index contributed by atoms with van der Waals surface area (Å²) in [6.07, 6.45) is 3.35. The molecule has 0 unspecified atom stereocenters. The summed E-state index contributed by atoms with van der Waals surface area (Å²) in [5, 5.41) is 2.06. The second kappa shape index (κ2) is 7.97. The molecular weight excluding hydrogens is 316 g/mol. The molecule has 2 aromatic heterocycles. The smallest absolute Gasteiger partial charge is 0.223 e. The average molecular weight is 338 g/mol. The van der Waals surface area contributed by atoms with E-state index < -0.39 is 0 Å². The Kier molecular flexibility index (Phi) is 5.49. The third-order valence-corrected chi connectivity index (χ3v) is 5.02. The van der Waals surface area contributed by atoms with Crippen LogP contribution in [0, 0.1) is 0 Å². The van der Waals surface area contributed by atoms with Crippen molar-refractivity contribution in [3.8, 4) is 0 Å². The van der Waals surface area contributed by atoms with Crippen LogP contribution in [0.25, 0.3) is 0 Å². The number of nitrogens with zero attached hydrogens (tertiary/aromatic N) is 2. The Hall–Kier alpha value is -2.33. The lowest BCUT2D eigenvalue weighted by molar-refractivity contribution is -0.132. The molecule has 0 aliphatic rings. The Morgan fingerprint density at radius 2 is 1.88 bits per heavy atom. The zero-order valence-electron chi connectivity index (χ0n) is 13.9. The maximum atomic E-state index is 12.8. The van der Waals surface area contributed by atoms with E-state index in [9.17, 15) is 4.79 Å². The Morgan fingerprint density at radius 3 is 2.54 bits per heavy atom. The minimum Gasteiger partial charge on any atom is -0.353 e. The van der Waals surface area contributed by atoms with Gasteiger partial charge < -0.3 is 9.47 Å². The average Bonchev–Trinajstić information content (AvgIpc) is 3.25. The number of thiophene rings is 1. The van der Waals surface area contributed by atoms with E-state index in [1.165, 1.54) is 10.4 Å². The first-order valence-corrected chi connectivity index (χ1v) is 9.04. The normalized spacial score (nSPS) is 10.7. The number of carbonyl (C=O) groups excluding carboxylic acids is 1. The molecule has 0 saturated carbocycles. The molecule has 3 rings (SSSR count). The molecule has 4 heteroatoms. The van der Waals surface area contributed by atoms with Gasteiger partial charge in [0.15, 0.2) is 0 Å². The van der Waals surface area contributed by atoms with Gasteiger partial charge in [-0.05, 0) is 35.6 Å². The second-order valence-electron chi connectivity index (χ2n) is 5.93. The maximum Gasteiger partial charge on any atom is 0.223 e. The summed E-state index contributed by atoms with van der Waals surface area (Å²) >= 11 is 1.70. The largest absolute Gasteiger partial charge is 0.353 e. The van der Waals surface area contributed by atoms with Crippen molar-refractivity contribution in [2.75, 3.05) is 0 Å². The number of hydrogen-bond donors (Lipinski definition) is 0. The number of aryl methyl sites for hydroxylation is 2. The van der Waals surface area contributed by atoms with Gasteiger partial charge in [-0.2, -0.15) is 0 Å². The molecule has 0 bridgehead atoms. The van der Waals surface area contributed by atoms with Crippen molar-refractivity contribution in [2.24, 2.45) is 7.05 Å². The molecule has 124 valence electrons. The van der Waals surface area contributed by atoms with Gasteiger partial charge in [-0.25, -0.2) is 0 Å². The molecule has 0 radical (unpaired) electrons. The lowest BCUT2D eigenvalue weighted by Gasteiger charge is -2.22. The van der Waals surface area contributed by atoms with Crippen LogP contribution >= 0.6 is 11.3 Å². The molecule has 0 saturated heterocycles. The standard InChI is InChI=1S/C20H22N2OS/c1-21-13-5-9-18(21)15-22(16-19-10-6-14-24-19)20(23)12-11-17-7-3-2-4-8-17/h2-10,13-14H,11-12,15-16H2,1H3. The van der Waals surface area contributed by atoms with Gasteiger partial charge in [-0.3, -0.25) is 4.79 Å². The van der Waals surface area contributed by atoms with Crippen LogP contribution in [0.3, 0.4) is 0 Å². The predicted molar refractivity (Wildman–Crippen MR) is 98.7 cm³/mol. The molecular formula is C20H22N2OS. The van der Waals surface area contributed by atoms with Crippen LogP contribution in [0.15, 0.2) is 66.2 Å². The minimum absolute atomic E-state index is 0.202. The number of aromatic nitrogens is 1. The monoisotopic (exact) mass is 338 g/mol. The third-order valence-electron chi connectivity index (χ3n) is 4.15. The van der Waals surface area contributed by atoms with Gasteiger partial charge in [0.2, 0.25) is 5.91 Å². The highest BCUT2D eigenvalue weighted by Crippen LogP contribution is 2.16. The molecule has 0 aliphatic heterocycles. The second-order valence-corrected chi connectivity index (χ2v) is 6.96. The van der Waals surface area contributed by atoms with Crippen LogP contribution in [0.2, 0.25) is 0 Å². The van der Waals surface area contributed by atoms with Crippen LogP contribution in [0.5, 0.6) is 0 Å². The zero-order valence-corrected chi connectivity index (χ0v) is 14.7. The van der Waals surface area contributed by atoms with Gasteiger partial charge in [0.25, 0.3) is 0 Å². The molecule has 0 spiro atoms. The number of rotatable bonds is 7. The Bertz CT molecular complexity index is 762. The van der Waals surface area contributed by atoms with E-state index in [1.54, 1.807) is 11.3 Å². The summed E-state index contributed by atoms with van der Waals surface area (Å²) < 4.78 is 2.08. The molecule has 1 amide bonds. The van der Waals surface area contributed by atoms with Gasteiger partial charge >= 0.3 is 0 Å². The van der Waals surface area contributed by atoms with Crippen LogP contribution < -0.4 is 0 Å². The fraction of sp³-hybridized carbons (Fsp3) is 0.250. The number of hydrogen-bond acceptors (Lipinski definition) is 2. The molecule has 0 atom stereocenters. The first-order valence-electron chi connectivity index (χ1n) is 8.16. The van der Waals surface area contributed by atoms with Gasteiger partial charge in [0.1, 0.15) is 0 Å². The molecule has 3 aromatic rings. The van der Waals surface area contributed by atoms with Crippen molar-refractivity contribution in [1.82, 2.24) is 9.47 Å². The number of carbonyl (C=O) groups is 1. The summed E-state index contributed by atoms with van der Waals surface area (Å²) in [5.74, 6) is 0.202. The maximum absolute atomic E-state index is 12.8. The van der Waals surface area contributed by atoms with Crippen molar-refractivity contribution in [2.45, 2.75) is 25.9 Å². The lowest BCUT2D eigenvalue weighted by atomic mass is 10.1. The summed E-state index contributed by atoms with van der Waals surface area (Å²) in [6, 6.07) is 18.4. The van der Waals surface area contributed by atoms with Gasteiger partial charge in [-0.1, -0.05) is 36.4 Å². The summed E-state index contributed by atoms with van der Waals surface area (Å²) in [6.45, 7) is 1.32. The highest BCUT2D eigenvalue weighted by atomic mass is 32.1. The predicted octanol–water partition coefficient (Wildman–Crippen LogP) is 4.25. The van der Waals surface area contributed by atoms with Gasteiger partial charge in [0, 0.05) is 30.2 Å². The molecule has 0 aliphatic carbocycles. The van der Waals surface area contributed by atoms with E-state index in [1.807, 2.05) is 48.5 Å². The first kappa shape index (κ1) is 16.5. The highest BCUT2D eigenvalue weighted by molar-refractivity contribution is 7.09. The Balaban J connectivity index is 1.68. The summed E-state index contributed by atoms with van der Waals surface area (Å²) in [4.78, 5) is 16.0. The van der Waals surface area contributed by atoms with Crippen LogP contribution in [0.1, 0.15) is 22.6 Å². The topological polar surface area (TPSA) is 25.2 Å². The lowest BCUT2D eigenvalue weighted by Crippen LogP contribution is -2.30. The zero-order chi connectivity index (χ0) is 16.8. The number of amides is 1. The molecule has 0 fully saturated rings. The van der Waals surface area contributed by atoms with Crippen molar-refractivity contribution >= 4 is 17.2 Å². The quantitative estimate of drug-likeness (QED) is 0.632. The fourth-order valence-electron chi connectivity index (χ4n) is 2.73. The number of benzene rings is 1. The van der Waals surface area contributed by atoms with Crippen molar-refractivity contribution in [3.63, 3.8) is 0 Å². The highest BCUT2D eigenvalue weighted by Gasteiger charge is 2.16. The van der Waals surface area contributed by atoms with E-state index in [0.29, 0.717) is 19.5 Å². The Morgan fingerprint density at radius 1 is 1.04 bits per heavy atom. The molecule has 24 heavy (non-hydrogen) atoms. The van der Waals surface area contributed by atoms with E-state index in [2.05, 4.69) is 34.2 Å². The van der Waals surface area contributed by atoms with Gasteiger partial charge in [0.05, 0.1) is 13.1 Å². The van der Waals surface area contributed by atoms with Crippen LogP contribution in [0.4, 0.5) is 0 Å². The first-order chi connectivity index (χ1) is 11.7. The molecule has 2 heterocycles. The van der Waals surface area contributed by atoms with Crippen LogP contribution in [-0.2, 0) is 31.4 Å². The van der Waals surface area contributed by atoms with E-state index >= 15 is 0 Å². The van der Waals surface area contributed by atoms with Gasteiger partial charge in [-0.15, -0.1) is 11.3 Å². The van der Waals surface area contributed by atoms with Crippen LogP contribution in [-0.4, -0.2) is 15.4 Å². The fourth-order valence-corrected chi connectivity index (χ4v) is 3.45. The molecule has 0 N–H and O–H groups in total.